The molecule has 0 aliphatic carbocycles. The van der Waals surface area contributed by atoms with E-state index in [-0.39, 0.29) is 30.8 Å². The summed E-state index contributed by atoms with van der Waals surface area (Å²) >= 11 is 3.38. The van der Waals surface area contributed by atoms with Gasteiger partial charge in [0.15, 0.2) is 0 Å². The molecule has 1 aromatic carbocycles. The van der Waals surface area contributed by atoms with Gasteiger partial charge in [-0.2, -0.15) is 0 Å². The van der Waals surface area contributed by atoms with Crippen LogP contribution in [-0.2, 0) is 0 Å². The molecular formula is C11H17BrClNO2. The van der Waals surface area contributed by atoms with Crippen LogP contribution in [-0.4, -0.2) is 16.8 Å². The van der Waals surface area contributed by atoms with Crippen molar-refractivity contribution < 1.29 is 10.2 Å². The molecule has 0 unspecified atom stereocenters. The summed E-state index contributed by atoms with van der Waals surface area (Å²) < 4.78 is 0.842. The third-order valence-corrected chi connectivity index (χ3v) is 3.29. The average molecular weight is 311 g/mol. The topological polar surface area (TPSA) is 66.5 Å². The molecule has 1 aromatic rings. The molecule has 0 fully saturated rings. The van der Waals surface area contributed by atoms with Crippen molar-refractivity contribution in [3.05, 3.63) is 28.2 Å². The molecule has 1 rings (SSSR count). The fourth-order valence-corrected chi connectivity index (χ4v) is 1.78. The van der Waals surface area contributed by atoms with Gasteiger partial charge in [0, 0.05) is 22.5 Å². The Labute approximate surface area is 110 Å². The summed E-state index contributed by atoms with van der Waals surface area (Å²) in [6.45, 7) is 3.76. The molecule has 0 aliphatic heterocycles. The number of benzene rings is 1. The van der Waals surface area contributed by atoms with E-state index in [2.05, 4.69) is 15.9 Å². The van der Waals surface area contributed by atoms with Crippen molar-refractivity contribution in [1.82, 2.24) is 0 Å². The Hall–Kier alpha value is -0.290. The number of aromatic hydroxyl groups is 1. The Morgan fingerprint density at radius 1 is 1.44 bits per heavy atom. The summed E-state index contributed by atoms with van der Waals surface area (Å²) in [4.78, 5) is 0. The van der Waals surface area contributed by atoms with Crippen molar-refractivity contribution in [2.24, 2.45) is 11.1 Å². The van der Waals surface area contributed by atoms with E-state index in [9.17, 15) is 10.2 Å². The minimum absolute atomic E-state index is 0. The molecule has 92 valence electrons. The lowest BCUT2D eigenvalue weighted by molar-refractivity contribution is 0.132. The molecule has 1 atom stereocenters. The van der Waals surface area contributed by atoms with E-state index in [1.165, 1.54) is 0 Å². The van der Waals surface area contributed by atoms with Gasteiger partial charge in [0.2, 0.25) is 0 Å². The fourth-order valence-electron chi connectivity index (χ4n) is 1.29. The number of aliphatic hydroxyl groups is 1. The maximum atomic E-state index is 9.39. The van der Waals surface area contributed by atoms with Crippen molar-refractivity contribution in [2.45, 2.75) is 19.9 Å². The first-order valence-electron chi connectivity index (χ1n) is 4.73. The molecule has 0 amide bonds. The molecule has 0 aromatic heterocycles. The van der Waals surface area contributed by atoms with Crippen LogP contribution in [0.1, 0.15) is 25.5 Å². The first-order valence-corrected chi connectivity index (χ1v) is 5.52. The van der Waals surface area contributed by atoms with Gasteiger partial charge >= 0.3 is 0 Å². The number of phenolic OH excluding ortho intramolecular Hbond substituents is 1. The molecule has 0 heterocycles. The smallest absolute Gasteiger partial charge is 0.115 e. The van der Waals surface area contributed by atoms with Gasteiger partial charge in [0.25, 0.3) is 0 Å². The van der Waals surface area contributed by atoms with Gasteiger partial charge in [-0.1, -0.05) is 29.8 Å². The fraction of sp³-hybridized carbons (Fsp3) is 0.455. The van der Waals surface area contributed by atoms with Crippen LogP contribution in [0.5, 0.6) is 5.75 Å². The number of aliphatic hydroxyl groups excluding tert-OH is 1. The van der Waals surface area contributed by atoms with E-state index < -0.39 is 5.41 Å². The summed E-state index contributed by atoms with van der Waals surface area (Å²) in [6.07, 6.45) is 0. The molecule has 0 bridgehead atoms. The standard InChI is InChI=1S/C11H16BrNO2.ClH/c1-11(2,6-14)10(13)8-5-7(15)3-4-9(8)12;/h3-5,10,14-15H,6,13H2,1-2H3;1H/t10-;/m0./s1. The van der Waals surface area contributed by atoms with Crippen LogP contribution in [0.3, 0.4) is 0 Å². The van der Waals surface area contributed by atoms with E-state index in [4.69, 9.17) is 5.73 Å². The van der Waals surface area contributed by atoms with Crippen LogP contribution < -0.4 is 5.73 Å². The van der Waals surface area contributed by atoms with E-state index in [0.717, 1.165) is 10.0 Å². The Morgan fingerprint density at radius 2 is 2.00 bits per heavy atom. The maximum absolute atomic E-state index is 9.39. The van der Waals surface area contributed by atoms with Crippen LogP contribution in [0.2, 0.25) is 0 Å². The second-order valence-corrected chi connectivity index (χ2v) is 5.18. The monoisotopic (exact) mass is 309 g/mol. The van der Waals surface area contributed by atoms with Crippen LogP contribution in [0.15, 0.2) is 22.7 Å². The van der Waals surface area contributed by atoms with E-state index in [0.29, 0.717) is 0 Å². The molecule has 0 spiro atoms. The first-order chi connectivity index (χ1) is 6.88. The third-order valence-electron chi connectivity index (χ3n) is 2.56. The molecule has 0 radical (unpaired) electrons. The summed E-state index contributed by atoms with van der Waals surface area (Å²) in [5.41, 5.74) is 6.43. The number of nitrogens with two attached hydrogens (primary N) is 1. The lowest BCUT2D eigenvalue weighted by Crippen LogP contribution is -2.32. The molecule has 0 saturated carbocycles. The summed E-state index contributed by atoms with van der Waals surface area (Å²) in [5.74, 6) is 0.178. The molecule has 0 aliphatic rings. The van der Waals surface area contributed by atoms with Gasteiger partial charge in [0.05, 0.1) is 0 Å². The van der Waals surface area contributed by atoms with Gasteiger partial charge in [-0.15, -0.1) is 12.4 Å². The summed E-state index contributed by atoms with van der Waals surface area (Å²) in [7, 11) is 0. The molecule has 16 heavy (non-hydrogen) atoms. The SMILES string of the molecule is CC(C)(CO)[C@@H](N)c1cc(O)ccc1Br.Cl. The van der Waals surface area contributed by atoms with Gasteiger partial charge in [-0.05, 0) is 23.8 Å². The quantitative estimate of drug-likeness (QED) is 0.804. The highest BCUT2D eigenvalue weighted by Gasteiger charge is 2.28. The van der Waals surface area contributed by atoms with Crippen LogP contribution in [0.25, 0.3) is 0 Å². The first kappa shape index (κ1) is 15.7. The number of halogens is 2. The van der Waals surface area contributed by atoms with Gasteiger partial charge in [-0.3, -0.25) is 0 Å². The third kappa shape index (κ3) is 3.35. The largest absolute Gasteiger partial charge is 0.508 e. The Balaban J connectivity index is 0.00000225. The molecule has 5 heteroatoms. The number of hydrogen-bond acceptors (Lipinski definition) is 3. The van der Waals surface area contributed by atoms with E-state index in [1.54, 1.807) is 18.2 Å². The zero-order valence-corrected chi connectivity index (χ0v) is 11.7. The van der Waals surface area contributed by atoms with Crippen molar-refractivity contribution >= 4 is 28.3 Å². The van der Waals surface area contributed by atoms with Crippen molar-refractivity contribution in [2.75, 3.05) is 6.61 Å². The maximum Gasteiger partial charge on any atom is 0.115 e. The normalized spacial score (nSPS) is 13.1. The predicted octanol–water partition coefficient (Wildman–Crippen LogP) is 2.59. The van der Waals surface area contributed by atoms with E-state index in [1.807, 2.05) is 13.8 Å². The second kappa shape index (κ2) is 5.87. The summed E-state index contributed by atoms with van der Waals surface area (Å²) in [5, 5.41) is 18.6. The van der Waals surface area contributed by atoms with Crippen LogP contribution in [0.4, 0.5) is 0 Å². The van der Waals surface area contributed by atoms with Gasteiger partial charge in [-0.25, -0.2) is 0 Å². The van der Waals surface area contributed by atoms with Gasteiger partial charge in [0.1, 0.15) is 5.75 Å². The number of phenols is 1. The highest BCUT2D eigenvalue weighted by atomic mass is 79.9. The highest BCUT2D eigenvalue weighted by Crippen LogP contribution is 2.36. The minimum atomic E-state index is -0.420. The van der Waals surface area contributed by atoms with E-state index >= 15 is 0 Å². The number of hydrogen-bond donors (Lipinski definition) is 3. The Morgan fingerprint density at radius 3 is 2.50 bits per heavy atom. The molecule has 4 N–H and O–H groups in total. The highest BCUT2D eigenvalue weighted by molar-refractivity contribution is 9.10. The zero-order chi connectivity index (χ0) is 11.6. The minimum Gasteiger partial charge on any atom is -0.508 e. The van der Waals surface area contributed by atoms with Crippen molar-refractivity contribution in [3.63, 3.8) is 0 Å². The average Bonchev–Trinajstić information content (AvgIpc) is 2.20. The lowest BCUT2D eigenvalue weighted by atomic mass is 9.82. The second-order valence-electron chi connectivity index (χ2n) is 4.33. The molecule has 3 nitrogen and oxygen atoms in total. The van der Waals surface area contributed by atoms with Crippen molar-refractivity contribution in [1.29, 1.82) is 0 Å². The van der Waals surface area contributed by atoms with Gasteiger partial charge < -0.3 is 15.9 Å². The number of rotatable bonds is 3. The van der Waals surface area contributed by atoms with Crippen LogP contribution >= 0.6 is 28.3 Å². The lowest BCUT2D eigenvalue weighted by Gasteiger charge is -2.30. The molecular weight excluding hydrogens is 293 g/mol. The Kier molecular flexibility index (Phi) is 5.76. The summed E-state index contributed by atoms with van der Waals surface area (Å²) in [6, 6.07) is 4.63. The van der Waals surface area contributed by atoms with Crippen LogP contribution in [0, 0.1) is 5.41 Å². The van der Waals surface area contributed by atoms with Crippen molar-refractivity contribution in [3.8, 4) is 5.75 Å². The predicted molar refractivity (Wildman–Crippen MR) is 70.9 cm³/mol. The Bertz CT molecular complexity index is 358. The molecule has 0 saturated heterocycles. The zero-order valence-electron chi connectivity index (χ0n) is 9.27.